The number of alkyl halides is 3. The lowest BCUT2D eigenvalue weighted by Crippen LogP contribution is -2.41. The Labute approximate surface area is 194 Å². The molecule has 1 fully saturated rings. The standard InChI is InChI=1S/C24H26F3N5O2/c25-24(26,27)21-14-20(18-6-5-16-3-1-2-4-17(16)13-18)30-22-19(15-29-32(21)22)23(33)28-7-8-31-9-11-34-12-10-31/h1-6,13,15,20-21,30H,7-12,14H2,(H,28,33). The first-order chi connectivity index (χ1) is 16.4. The van der Waals surface area contributed by atoms with E-state index in [-0.39, 0.29) is 17.8 Å². The van der Waals surface area contributed by atoms with Gasteiger partial charge in [-0.3, -0.25) is 9.69 Å². The van der Waals surface area contributed by atoms with E-state index in [4.69, 9.17) is 4.74 Å². The van der Waals surface area contributed by atoms with Crippen LogP contribution in [0.1, 0.15) is 34.4 Å². The fourth-order valence-corrected chi connectivity index (χ4v) is 4.62. The second kappa shape index (κ2) is 9.27. The normalized spacial score (nSPS) is 21.1. The zero-order valence-corrected chi connectivity index (χ0v) is 18.5. The third-order valence-electron chi connectivity index (χ3n) is 6.48. The van der Waals surface area contributed by atoms with Gasteiger partial charge in [-0.25, -0.2) is 4.68 Å². The number of fused-ring (bicyclic) bond motifs is 2. The summed E-state index contributed by atoms with van der Waals surface area (Å²) in [6.07, 6.45) is -3.50. The zero-order chi connectivity index (χ0) is 23.7. The molecule has 0 spiro atoms. The van der Waals surface area contributed by atoms with E-state index < -0.39 is 24.2 Å². The maximum atomic E-state index is 14.0. The van der Waals surface area contributed by atoms with E-state index in [1.54, 1.807) is 0 Å². The van der Waals surface area contributed by atoms with Gasteiger partial charge in [-0.15, -0.1) is 0 Å². The molecule has 2 aliphatic heterocycles. The van der Waals surface area contributed by atoms with E-state index in [1.807, 2.05) is 42.5 Å². The number of morpholine rings is 1. The smallest absolute Gasteiger partial charge is 0.379 e. The van der Waals surface area contributed by atoms with Crippen LogP contribution < -0.4 is 10.6 Å². The summed E-state index contributed by atoms with van der Waals surface area (Å²) in [7, 11) is 0. The van der Waals surface area contributed by atoms with E-state index in [0.29, 0.717) is 26.3 Å². The van der Waals surface area contributed by atoms with Crippen LogP contribution in [0, 0.1) is 0 Å². The molecule has 10 heteroatoms. The number of hydrogen-bond acceptors (Lipinski definition) is 5. The molecule has 3 heterocycles. The number of aromatic nitrogens is 2. The van der Waals surface area contributed by atoms with Gasteiger partial charge in [-0.05, 0) is 22.4 Å². The van der Waals surface area contributed by atoms with Crippen LogP contribution in [0.5, 0.6) is 0 Å². The summed E-state index contributed by atoms with van der Waals surface area (Å²) in [5.74, 6) is -0.349. The van der Waals surface area contributed by atoms with Gasteiger partial charge in [0.15, 0.2) is 6.04 Å². The first kappa shape index (κ1) is 22.7. The number of halogens is 3. The van der Waals surface area contributed by atoms with Crippen LogP contribution in [-0.4, -0.2) is 66.2 Å². The SMILES string of the molecule is O=C(NCCN1CCOCC1)c1cnn2c1NC(c1ccc3ccccc3c1)CC2C(F)(F)F. The van der Waals surface area contributed by atoms with Crippen LogP contribution in [0.15, 0.2) is 48.7 Å². The Bertz CT molecular complexity index is 1170. The highest BCUT2D eigenvalue weighted by Crippen LogP contribution is 2.44. The lowest BCUT2D eigenvalue weighted by molar-refractivity contribution is -0.173. The summed E-state index contributed by atoms with van der Waals surface area (Å²) in [5, 5.41) is 11.9. The summed E-state index contributed by atoms with van der Waals surface area (Å²) in [4.78, 5) is 15.0. The maximum Gasteiger partial charge on any atom is 0.410 e. The second-order valence-corrected chi connectivity index (χ2v) is 8.66. The van der Waals surface area contributed by atoms with Crippen molar-refractivity contribution in [3.63, 3.8) is 0 Å². The number of anilines is 1. The Morgan fingerprint density at radius 2 is 1.91 bits per heavy atom. The Kier molecular flexibility index (Phi) is 6.18. The van der Waals surface area contributed by atoms with Gasteiger partial charge in [0.2, 0.25) is 0 Å². The van der Waals surface area contributed by atoms with E-state index in [1.165, 1.54) is 6.20 Å². The molecule has 3 aromatic rings. The number of amides is 1. The summed E-state index contributed by atoms with van der Waals surface area (Å²) < 4.78 is 48.1. The van der Waals surface area contributed by atoms with Crippen molar-refractivity contribution in [2.24, 2.45) is 0 Å². The quantitative estimate of drug-likeness (QED) is 0.591. The van der Waals surface area contributed by atoms with Crippen LogP contribution in [0.2, 0.25) is 0 Å². The van der Waals surface area contributed by atoms with Gasteiger partial charge in [0.1, 0.15) is 11.4 Å². The van der Waals surface area contributed by atoms with Crippen molar-refractivity contribution < 1.29 is 22.7 Å². The molecule has 0 saturated carbocycles. The molecule has 1 amide bonds. The molecule has 2 aromatic carbocycles. The molecule has 7 nitrogen and oxygen atoms in total. The van der Waals surface area contributed by atoms with Crippen molar-refractivity contribution >= 4 is 22.5 Å². The lowest BCUT2D eigenvalue weighted by atomic mass is 9.94. The molecule has 2 unspecified atom stereocenters. The van der Waals surface area contributed by atoms with Crippen molar-refractivity contribution in [2.75, 3.05) is 44.7 Å². The number of hydrogen-bond donors (Lipinski definition) is 2. The number of rotatable bonds is 5. The molecule has 2 aliphatic rings. The third-order valence-corrected chi connectivity index (χ3v) is 6.48. The number of benzene rings is 2. The predicted octanol–water partition coefficient (Wildman–Crippen LogP) is 3.76. The van der Waals surface area contributed by atoms with Crippen molar-refractivity contribution in [3.8, 4) is 0 Å². The van der Waals surface area contributed by atoms with Crippen LogP contribution in [0.3, 0.4) is 0 Å². The number of nitrogens with one attached hydrogen (secondary N) is 2. The molecule has 1 aromatic heterocycles. The van der Waals surface area contributed by atoms with Gasteiger partial charge in [0.25, 0.3) is 5.91 Å². The van der Waals surface area contributed by atoms with Gasteiger partial charge < -0.3 is 15.4 Å². The van der Waals surface area contributed by atoms with Crippen LogP contribution >= 0.6 is 0 Å². The molecule has 5 rings (SSSR count). The Morgan fingerprint density at radius 3 is 2.68 bits per heavy atom. The molecule has 0 bridgehead atoms. The van der Waals surface area contributed by atoms with E-state index >= 15 is 0 Å². The highest BCUT2D eigenvalue weighted by atomic mass is 19.4. The molecule has 2 N–H and O–H groups in total. The minimum atomic E-state index is -4.50. The molecule has 0 aliphatic carbocycles. The van der Waals surface area contributed by atoms with Gasteiger partial charge in [0, 0.05) is 32.6 Å². The first-order valence-electron chi connectivity index (χ1n) is 11.4. The van der Waals surface area contributed by atoms with Gasteiger partial charge in [-0.2, -0.15) is 18.3 Å². The summed E-state index contributed by atoms with van der Waals surface area (Å²) in [6.45, 7) is 3.94. The molecular formula is C24H26F3N5O2. The van der Waals surface area contributed by atoms with Crippen LogP contribution in [0.4, 0.5) is 19.0 Å². The minimum Gasteiger partial charge on any atom is -0.379 e. The Hall–Kier alpha value is -3.11. The zero-order valence-electron chi connectivity index (χ0n) is 18.5. The highest BCUT2D eigenvalue weighted by Gasteiger charge is 2.47. The molecule has 180 valence electrons. The number of carbonyl (C=O) groups excluding carboxylic acids is 1. The maximum absolute atomic E-state index is 14.0. The summed E-state index contributed by atoms with van der Waals surface area (Å²) in [6, 6.07) is 10.9. The van der Waals surface area contributed by atoms with Crippen molar-refractivity contribution in [2.45, 2.75) is 24.7 Å². The van der Waals surface area contributed by atoms with Crippen LogP contribution in [-0.2, 0) is 4.74 Å². The van der Waals surface area contributed by atoms with Gasteiger partial charge in [0.05, 0.1) is 25.5 Å². The van der Waals surface area contributed by atoms with E-state index in [2.05, 4.69) is 20.6 Å². The number of nitrogens with zero attached hydrogens (tertiary/aromatic N) is 3. The second-order valence-electron chi connectivity index (χ2n) is 8.66. The van der Waals surface area contributed by atoms with E-state index in [0.717, 1.165) is 34.1 Å². The Balaban J connectivity index is 1.38. The minimum absolute atomic E-state index is 0.0932. The topological polar surface area (TPSA) is 71.4 Å². The first-order valence-corrected chi connectivity index (χ1v) is 11.4. The van der Waals surface area contributed by atoms with Crippen molar-refractivity contribution in [1.29, 1.82) is 0 Å². The van der Waals surface area contributed by atoms with E-state index in [9.17, 15) is 18.0 Å². The largest absolute Gasteiger partial charge is 0.410 e. The monoisotopic (exact) mass is 473 g/mol. The average molecular weight is 473 g/mol. The number of carbonyl (C=O) groups is 1. The average Bonchev–Trinajstić information content (AvgIpc) is 3.27. The molecule has 34 heavy (non-hydrogen) atoms. The van der Waals surface area contributed by atoms with Crippen molar-refractivity contribution in [3.05, 3.63) is 59.8 Å². The molecule has 1 saturated heterocycles. The summed E-state index contributed by atoms with van der Waals surface area (Å²) in [5.41, 5.74) is 0.848. The number of ether oxygens (including phenoxy) is 1. The Morgan fingerprint density at radius 1 is 1.15 bits per heavy atom. The fraction of sp³-hybridized carbons (Fsp3) is 0.417. The summed E-state index contributed by atoms with van der Waals surface area (Å²) >= 11 is 0. The third kappa shape index (κ3) is 4.60. The fourth-order valence-electron chi connectivity index (χ4n) is 4.62. The van der Waals surface area contributed by atoms with Gasteiger partial charge in [-0.1, -0.05) is 36.4 Å². The highest BCUT2D eigenvalue weighted by molar-refractivity contribution is 5.99. The molecular weight excluding hydrogens is 447 g/mol. The van der Waals surface area contributed by atoms with Crippen LogP contribution in [0.25, 0.3) is 10.8 Å². The van der Waals surface area contributed by atoms with Gasteiger partial charge >= 0.3 is 6.18 Å². The predicted molar refractivity (Wildman–Crippen MR) is 122 cm³/mol. The molecule has 2 atom stereocenters. The lowest BCUT2D eigenvalue weighted by Gasteiger charge is -2.34. The van der Waals surface area contributed by atoms with Crippen molar-refractivity contribution in [1.82, 2.24) is 20.0 Å². The molecule has 0 radical (unpaired) electrons.